The maximum atomic E-state index is 14.9. The number of halogens is 3. The summed E-state index contributed by atoms with van der Waals surface area (Å²) in [7, 11) is 0. The second-order valence-electron chi connectivity index (χ2n) is 7.48. The van der Waals surface area contributed by atoms with Crippen molar-refractivity contribution in [2.24, 2.45) is 10.7 Å². The van der Waals surface area contributed by atoms with Crippen molar-refractivity contribution in [3.8, 4) is 6.07 Å². The monoisotopic (exact) mass is 399 g/mol. The summed E-state index contributed by atoms with van der Waals surface area (Å²) in [6.07, 6.45) is 0.146. The number of fused-ring (bicyclic) bond motifs is 2. The number of amidine groups is 1. The molecule has 1 aliphatic heterocycles. The van der Waals surface area contributed by atoms with E-state index < -0.39 is 35.3 Å². The van der Waals surface area contributed by atoms with Gasteiger partial charge in [0.1, 0.15) is 17.6 Å². The number of amides is 1. The minimum atomic E-state index is -3.43. The van der Waals surface area contributed by atoms with Crippen LogP contribution in [0, 0.1) is 11.3 Å². The number of hydrogen-bond donors (Lipinski definition) is 2. The molecule has 2 aromatic rings. The Kier molecular flexibility index (Phi) is 3.94. The number of anilines is 1. The van der Waals surface area contributed by atoms with Crippen LogP contribution >= 0.6 is 0 Å². The summed E-state index contributed by atoms with van der Waals surface area (Å²) >= 11 is 0. The maximum Gasteiger partial charge on any atom is 0.280 e. The zero-order chi connectivity index (χ0) is 21.0. The first kappa shape index (κ1) is 18.9. The molecule has 2 heterocycles. The first-order valence-corrected chi connectivity index (χ1v) is 8.81. The highest BCUT2D eigenvalue weighted by molar-refractivity contribution is 6.03. The van der Waals surface area contributed by atoms with Gasteiger partial charge in [-0.05, 0) is 42.3 Å². The molecule has 0 radical (unpaired) electrons. The number of pyridine rings is 1. The van der Waals surface area contributed by atoms with Crippen LogP contribution in [0.3, 0.4) is 0 Å². The largest absolute Gasteiger partial charge is 0.385 e. The lowest BCUT2D eigenvalue weighted by Gasteiger charge is -2.50. The summed E-state index contributed by atoms with van der Waals surface area (Å²) in [4.78, 5) is 20.1. The van der Waals surface area contributed by atoms with Crippen molar-refractivity contribution in [2.45, 2.75) is 36.9 Å². The number of benzene rings is 1. The van der Waals surface area contributed by atoms with E-state index in [0.29, 0.717) is 11.1 Å². The summed E-state index contributed by atoms with van der Waals surface area (Å²) in [6.45, 7) is 0.993. The number of nitrogens with one attached hydrogen (secondary N) is 1. The molecule has 148 valence electrons. The summed E-state index contributed by atoms with van der Waals surface area (Å²) < 4.78 is 44.0. The molecular formula is C20H16F3N5O. The molecule has 1 aromatic heterocycles. The number of aromatic nitrogens is 1. The summed E-state index contributed by atoms with van der Waals surface area (Å²) in [5, 5.41) is 11.4. The van der Waals surface area contributed by atoms with Gasteiger partial charge in [0.2, 0.25) is 0 Å². The number of nitrogens with zero attached hydrogens (tertiary/aromatic N) is 3. The van der Waals surface area contributed by atoms with Crippen LogP contribution in [-0.2, 0) is 12.0 Å². The average Bonchev–Trinajstić information content (AvgIpc) is 2.65. The van der Waals surface area contributed by atoms with E-state index in [1.165, 1.54) is 24.4 Å². The van der Waals surface area contributed by atoms with Gasteiger partial charge in [-0.25, -0.2) is 18.2 Å². The Labute approximate surface area is 164 Å². The topological polar surface area (TPSA) is 104 Å². The molecule has 2 aliphatic rings. The van der Waals surface area contributed by atoms with Crippen molar-refractivity contribution in [1.29, 1.82) is 5.26 Å². The molecule has 1 aliphatic carbocycles. The summed E-state index contributed by atoms with van der Waals surface area (Å²) in [5.41, 5.74) is 2.83. The number of hydrogen-bond acceptors (Lipinski definition) is 5. The van der Waals surface area contributed by atoms with Gasteiger partial charge in [-0.15, -0.1) is 0 Å². The first-order valence-electron chi connectivity index (χ1n) is 8.81. The van der Waals surface area contributed by atoms with Gasteiger partial charge >= 0.3 is 0 Å². The van der Waals surface area contributed by atoms with E-state index in [1.54, 1.807) is 12.1 Å². The number of nitrogens with two attached hydrogens (primary N) is 1. The number of rotatable bonds is 2. The van der Waals surface area contributed by atoms with Crippen molar-refractivity contribution in [3.05, 3.63) is 58.9 Å². The lowest BCUT2D eigenvalue weighted by Crippen LogP contribution is -2.61. The molecule has 0 saturated carbocycles. The minimum absolute atomic E-state index is 0.0580. The van der Waals surface area contributed by atoms with Gasteiger partial charge in [0.25, 0.3) is 11.8 Å². The summed E-state index contributed by atoms with van der Waals surface area (Å²) in [5.74, 6) is -4.44. The Balaban J connectivity index is 1.65. The predicted octanol–water partition coefficient (Wildman–Crippen LogP) is 3.08. The fourth-order valence-corrected chi connectivity index (χ4v) is 3.73. The zero-order valence-electron chi connectivity index (χ0n) is 15.3. The van der Waals surface area contributed by atoms with Crippen molar-refractivity contribution in [1.82, 2.24) is 4.98 Å². The molecule has 1 amide bonds. The lowest BCUT2D eigenvalue weighted by atomic mass is 9.63. The highest BCUT2D eigenvalue weighted by atomic mass is 19.3. The SMILES string of the molecule is C[C@]1(F)CC(F)(F)[C@]2(Cc3ccc(NC(=O)c4ccc(C#N)cn4)cc32)N=C1N. The number of carbonyl (C=O) groups is 1. The van der Waals surface area contributed by atoms with Gasteiger partial charge in [-0.3, -0.25) is 9.79 Å². The number of alkyl halides is 3. The van der Waals surface area contributed by atoms with Gasteiger partial charge in [0.15, 0.2) is 11.2 Å². The van der Waals surface area contributed by atoms with E-state index >= 15 is 0 Å². The van der Waals surface area contributed by atoms with Crippen LogP contribution in [0.1, 0.15) is 40.5 Å². The smallest absolute Gasteiger partial charge is 0.280 e. The molecule has 0 unspecified atom stereocenters. The molecule has 6 nitrogen and oxygen atoms in total. The Morgan fingerprint density at radius 3 is 2.69 bits per heavy atom. The standard InChI is InChI=1S/C20H16F3N5O/c1-18(21)10-20(22,23)19(28-17(18)25)7-12-3-4-13(6-14(12)19)27-16(29)15-5-2-11(8-24)9-26-15/h2-6,9H,7,10H2,1H3,(H2,25,28)(H,27,29)/t18-,19+/m0/s1. The lowest BCUT2D eigenvalue weighted by molar-refractivity contribution is -0.120. The highest BCUT2D eigenvalue weighted by Gasteiger charge is 2.66. The first-order chi connectivity index (χ1) is 13.6. The van der Waals surface area contributed by atoms with Crippen molar-refractivity contribution in [3.63, 3.8) is 0 Å². The Morgan fingerprint density at radius 1 is 1.28 bits per heavy atom. The molecule has 0 fully saturated rings. The number of aliphatic imine (C=N–C) groups is 1. The Bertz CT molecular complexity index is 1090. The van der Waals surface area contributed by atoms with E-state index in [0.717, 1.165) is 6.92 Å². The fourth-order valence-electron chi connectivity index (χ4n) is 3.73. The van der Waals surface area contributed by atoms with Crippen LogP contribution in [0.25, 0.3) is 0 Å². The van der Waals surface area contributed by atoms with Crippen LogP contribution in [0.4, 0.5) is 18.9 Å². The van der Waals surface area contributed by atoms with E-state index in [1.807, 2.05) is 6.07 Å². The number of nitriles is 1. The molecule has 1 spiro atoms. The Morgan fingerprint density at radius 2 is 2.03 bits per heavy atom. The molecule has 1 aromatic carbocycles. The molecule has 3 N–H and O–H groups in total. The van der Waals surface area contributed by atoms with Crippen molar-refractivity contribution in [2.75, 3.05) is 5.32 Å². The fraction of sp³-hybridized carbons (Fsp3) is 0.300. The van der Waals surface area contributed by atoms with Crippen molar-refractivity contribution < 1.29 is 18.0 Å². The molecule has 4 rings (SSSR count). The second kappa shape index (κ2) is 6.04. The number of carbonyl (C=O) groups excluding carboxylic acids is 1. The third kappa shape index (κ3) is 2.83. The van der Waals surface area contributed by atoms with Crippen LogP contribution in [0.2, 0.25) is 0 Å². The van der Waals surface area contributed by atoms with E-state index in [-0.39, 0.29) is 23.4 Å². The molecule has 29 heavy (non-hydrogen) atoms. The quantitative estimate of drug-likeness (QED) is 0.810. The van der Waals surface area contributed by atoms with E-state index in [2.05, 4.69) is 15.3 Å². The minimum Gasteiger partial charge on any atom is -0.385 e. The van der Waals surface area contributed by atoms with Gasteiger partial charge < -0.3 is 11.1 Å². The highest BCUT2D eigenvalue weighted by Crippen LogP contribution is 2.57. The van der Waals surface area contributed by atoms with Crippen molar-refractivity contribution >= 4 is 17.4 Å². The Hall–Kier alpha value is -3.41. The maximum absolute atomic E-state index is 14.9. The molecule has 0 saturated heterocycles. The van der Waals surface area contributed by atoms with Crippen LogP contribution in [0.15, 0.2) is 41.5 Å². The predicted molar refractivity (Wildman–Crippen MR) is 99.4 cm³/mol. The van der Waals surface area contributed by atoms with Gasteiger partial charge in [0.05, 0.1) is 12.0 Å². The average molecular weight is 399 g/mol. The van der Waals surface area contributed by atoms with E-state index in [9.17, 15) is 18.0 Å². The molecular weight excluding hydrogens is 383 g/mol. The third-order valence-corrected chi connectivity index (χ3v) is 5.39. The van der Waals surface area contributed by atoms with Crippen LogP contribution < -0.4 is 11.1 Å². The van der Waals surface area contributed by atoms with Crippen LogP contribution in [0.5, 0.6) is 0 Å². The van der Waals surface area contributed by atoms with Gasteiger partial charge in [0, 0.05) is 18.3 Å². The van der Waals surface area contributed by atoms with Gasteiger partial charge in [-0.1, -0.05) is 6.07 Å². The second-order valence-corrected chi connectivity index (χ2v) is 7.48. The molecule has 0 bridgehead atoms. The van der Waals surface area contributed by atoms with Crippen LogP contribution in [-0.4, -0.2) is 28.3 Å². The van der Waals surface area contributed by atoms with E-state index in [4.69, 9.17) is 11.0 Å². The molecule has 2 atom stereocenters. The molecule has 9 heteroatoms. The normalized spacial score (nSPS) is 26.7. The third-order valence-electron chi connectivity index (χ3n) is 5.39. The van der Waals surface area contributed by atoms with Gasteiger partial charge in [-0.2, -0.15) is 5.26 Å². The zero-order valence-corrected chi connectivity index (χ0v) is 15.3. The summed E-state index contributed by atoms with van der Waals surface area (Å²) in [6, 6.07) is 9.35.